The van der Waals surface area contributed by atoms with Gasteiger partial charge in [-0.25, -0.2) is 0 Å². The summed E-state index contributed by atoms with van der Waals surface area (Å²) in [5.41, 5.74) is 0. The number of piperidine rings is 1. The van der Waals surface area contributed by atoms with Gasteiger partial charge in [0.2, 0.25) is 23.6 Å². The van der Waals surface area contributed by atoms with Crippen LogP contribution in [0.5, 0.6) is 5.75 Å². The molecule has 10 heteroatoms. The van der Waals surface area contributed by atoms with E-state index in [9.17, 15) is 24.0 Å². The molecule has 0 bridgehead atoms. The fraction of sp³-hybridized carbons (Fsp3) is 0.656. The summed E-state index contributed by atoms with van der Waals surface area (Å²) in [5.74, 6) is -0.814. The predicted octanol–water partition coefficient (Wildman–Crippen LogP) is 3.28. The van der Waals surface area contributed by atoms with Crippen molar-refractivity contribution in [3.8, 4) is 5.75 Å². The highest BCUT2D eigenvalue weighted by Crippen LogP contribution is 2.22. The van der Waals surface area contributed by atoms with Crippen molar-refractivity contribution < 1.29 is 28.7 Å². The number of hydrogen-bond donors (Lipinski definition) is 3. The molecule has 5 atom stereocenters. The highest BCUT2D eigenvalue weighted by atomic mass is 16.5. The lowest BCUT2D eigenvalue weighted by Gasteiger charge is -2.39. The average molecular weight is 585 g/mol. The number of fused-ring (bicyclic) bond motifs is 1. The molecular formula is C32H48N4O6. The van der Waals surface area contributed by atoms with E-state index < -0.39 is 36.0 Å². The van der Waals surface area contributed by atoms with Crippen molar-refractivity contribution in [1.29, 1.82) is 0 Å². The van der Waals surface area contributed by atoms with Crippen molar-refractivity contribution in [3.63, 3.8) is 0 Å². The van der Waals surface area contributed by atoms with Crippen LogP contribution in [0.2, 0.25) is 0 Å². The first-order chi connectivity index (χ1) is 20.2. The van der Waals surface area contributed by atoms with Gasteiger partial charge in [0.25, 0.3) is 0 Å². The molecule has 0 radical (unpaired) electrons. The summed E-state index contributed by atoms with van der Waals surface area (Å²) in [4.78, 5) is 67.9. The molecule has 0 aliphatic carbocycles. The molecule has 1 aromatic rings. The number of ether oxygens (including phenoxy) is 1. The zero-order valence-electron chi connectivity index (χ0n) is 25.4. The smallest absolute Gasteiger partial charge is 0.246 e. The number of nitrogens with one attached hydrogen (secondary N) is 3. The highest BCUT2D eigenvalue weighted by Gasteiger charge is 2.40. The van der Waals surface area contributed by atoms with E-state index in [1.165, 1.54) is 0 Å². The van der Waals surface area contributed by atoms with Crippen molar-refractivity contribution in [2.45, 2.75) is 116 Å². The Labute approximate surface area is 249 Å². The van der Waals surface area contributed by atoms with Gasteiger partial charge in [0.05, 0.1) is 6.61 Å². The van der Waals surface area contributed by atoms with Crippen LogP contribution < -0.4 is 20.7 Å². The molecule has 2 aliphatic rings. The van der Waals surface area contributed by atoms with Crippen molar-refractivity contribution in [2.24, 2.45) is 5.92 Å². The Hall–Kier alpha value is -3.43. The zero-order valence-corrected chi connectivity index (χ0v) is 25.4. The van der Waals surface area contributed by atoms with Gasteiger partial charge >= 0.3 is 0 Å². The van der Waals surface area contributed by atoms with Crippen LogP contribution in [0.25, 0.3) is 0 Å². The zero-order chi connectivity index (χ0) is 30.5. The summed E-state index contributed by atoms with van der Waals surface area (Å²) < 4.78 is 5.81. The first-order valence-electron chi connectivity index (χ1n) is 15.7. The molecule has 0 saturated carbocycles. The maximum Gasteiger partial charge on any atom is 0.246 e. The number of carbonyl (C=O) groups is 5. The molecule has 2 saturated heterocycles. The number of para-hydroxylation sites is 1. The van der Waals surface area contributed by atoms with Gasteiger partial charge in [0, 0.05) is 25.8 Å². The van der Waals surface area contributed by atoms with Gasteiger partial charge in [-0.05, 0) is 50.2 Å². The van der Waals surface area contributed by atoms with Crippen LogP contribution in [0.4, 0.5) is 0 Å². The third-order valence-electron chi connectivity index (χ3n) is 8.39. The lowest BCUT2D eigenvalue weighted by atomic mass is 9.93. The average Bonchev–Trinajstić information content (AvgIpc) is 3.01. The van der Waals surface area contributed by atoms with Crippen molar-refractivity contribution in [2.75, 3.05) is 13.2 Å². The fourth-order valence-electron chi connectivity index (χ4n) is 5.50. The van der Waals surface area contributed by atoms with Crippen LogP contribution in [0.1, 0.15) is 91.4 Å². The minimum Gasteiger partial charge on any atom is -0.494 e. The van der Waals surface area contributed by atoms with Crippen LogP contribution in [0, 0.1) is 5.92 Å². The molecule has 0 aromatic heterocycles. The highest BCUT2D eigenvalue weighted by molar-refractivity contribution is 5.97. The number of carbonyl (C=O) groups excluding carboxylic acids is 5. The van der Waals surface area contributed by atoms with E-state index in [1.54, 1.807) is 4.90 Å². The Kier molecular flexibility index (Phi) is 13.3. The Balaban J connectivity index is 1.83. The van der Waals surface area contributed by atoms with Gasteiger partial charge in [0.15, 0.2) is 0 Å². The van der Waals surface area contributed by atoms with E-state index in [0.717, 1.165) is 25.7 Å². The van der Waals surface area contributed by atoms with Crippen LogP contribution >= 0.6 is 0 Å². The number of nitrogens with zero attached hydrogens (tertiary/aromatic N) is 1. The largest absolute Gasteiger partial charge is 0.494 e. The molecule has 0 spiro atoms. The van der Waals surface area contributed by atoms with E-state index in [1.807, 2.05) is 51.1 Å². The minimum atomic E-state index is -0.960. The van der Waals surface area contributed by atoms with Gasteiger partial charge in [-0.1, -0.05) is 58.2 Å². The SMILES string of the molecule is CCC(=O)CCCCC[C@@H]1NC(=O)[C@H]2CCCCN2C(=O)[C@H]([C@H](C)CC)NC(=O)[C@H](CCOc2ccccc2)NC1=O. The minimum absolute atomic E-state index is 0.167. The quantitative estimate of drug-likeness (QED) is 0.305. The second kappa shape index (κ2) is 16.9. The lowest BCUT2D eigenvalue weighted by Crippen LogP contribution is -2.64. The number of ketones is 1. The normalized spacial score (nSPS) is 24.3. The third-order valence-corrected chi connectivity index (χ3v) is 8.39. The molecule has 3 N–H and O–H groups in total. The maximum absolute atomic E-state index is 13.9. The van der Waals surface area contributed by atoms with Crippen LogP contribution in [-0.2, 0) is 24.0 Å². The summed E-state index contributed by atoms with van der Waals surface area (Å²) in [6, 6.07) is 5.86. The van der Waals surface area contributed by atoms with E-state index in [4.69, 9.17) is 4.74 Å². The maximum atomic E-state index is 13.9. The second-order valence-corrected chi connectivity index (χ2v) is 11.5. The molecule has 3 rings (SSSR count). The fourth-order valence-corrected chi connectivity index (χ4v) is 5.50. The predicted molar refractivity (Wildman–Crippen MR) is 160 cm³/mol. The van der Waals surface area contributed by atoms with E-state index in [0.29, 0.717) is 50.8 Å². The summed E-state index contributed by atoms with van der Waals surface area (Å²) >= 11 is 0. The Morgan fingerprint density at radius 1 is 0.905 bits per heavy atom. The van der Waals surface area contributed by atoms with Gasteiger partial charge in [0.1, 0.15) is 35.7 Å². The Bertz CT molecular complexity index is 1060. The molecule has 232 valence electrons. The molecule has 10 nitrogen and oxygen atoms in total. The first-order valence-corrected chi connectivity index (χ1v) is 15.7. The Morgan fingerprint density at radius 3 is 2.31 bits per heavy atom. The van der Waals surface area contributed by atoms with Crippen LogP contribution in [-0.4, -0.2) is 71.6 Å². The lowest BCUT2D eigenvalue weighted by molar-refractivity contribution is -0.147. The molecule has 2 aliphatic heterocycles. The van der Waals surface area contributed by atoms with E-state index in [-0.39, 0.29) is 36.5 Å². The molecule has 1 aromatic carbocycles. The summed E-state index contributed by atoms with van der Waals surface area (Å²) in [5, 5.41) is 8.69. The third kappa shape index (κ3) is 9.56. The van der Waals surface area contributed by atoms with Gasteiger partial charge in [-0.15, -0.1) is 0 Å². The van der Waals surface area contributed by atoms with Crippen LogP contribution in [0.15, 0.2) is 30.3 Å². The molecule has 42 heavy (non-hydrogen) atoms. The molecule has 2 fully saturated rings. The number of benzene rings is 1. The van der Waals surface area contributed by atoms with Crippen LogP contribution in [0.3, 0.4) is 0 Å². The van der Waals surface area contributed by atoms with E-state index in [2.05, 4.69) is 16.0 Å². The van der Waals surface area contributed by atoms with Crippen molar-refractivity contribution in [1.82, 2.24) is 20.9 Å². The van der Waals surface area contributed by atoms with Gasteiger partial charge in [-0.2, -0.15) is 0 Å². The number of unbranched alkanes of at least 4 members (excludes halogenated alkanes) is 2. The second-order valence-electron chi connectivity index (χ2n) is 11.5. The molecule has 4 amide bonds. The summed E-state index contributed by atoms with van der Waals surface area (Å²) in [6.07, 6.45) is 6.38. The molecular weight excluding hydrogens is 536 g/mol. The Morgan fingerprint density at radius 2 is 1.60 bits per heavy atom. The standard InChI is InChI=1S/C32H48N4O6/c1-4-22(3)28-32(41)36-20-13-12-18-27(36)31(40)34-25(17-11-6-8-14-23(37)5-2)29(38)33-26(30(39)35-28)19-21-42-24-15-9-7-10-16-24/h7,9-10,15-16,22,25-28H,4-6,8,11-14,17-21H2,1-3H3,(H,33,38)(H,34,40)(H,35,39)/t22-,25+,26+,27-,28+/m1/s1. The topological polar surface area (TPSA) is 134 Å². The summed E-state index contributed by atoms with van der Waals surface area (Å²) in [7, 11) is 0. The molecule has 0 unspecified atom stereocenters. The number of amides is 4. The van der Waals surface area contributed by atoms with Gasteiger partial charge < -0.3 is 25.6 Å². The van der Waals surface area contributed by atoms with Gasteiger partial charge in [-0.3, -0.25) is 24.0 Å². The first kappa shape index (κ1) is 33.1. The monoisotopic (exact) mass is 584 g/mol. The number of Topliss-reactive ketones (excluding diaryl/α,β-unsaturated/α-hetero) is 1. The number of hydrogen-bond acceptors (Lipinski definition) is 6. The number of rotatable bonds is 13. The molecule has 2 heterocycles. The van der Waals surface area contributed by atoms with Crippen molar-refractivity contribution in [3.05, 3.63) is 30.3 Å². The summed E-state index contributed by atoms with van der Waals surface area (Å²) in [6.45, 7) is 6.30. The van der Waals surface area contributed by atoms with E-state index >= 15 is 0 Å². The van der Waals surface area contributed by atoms with Crippen molar-refractivity contribution >= 4 is 29.4 Å².